The molecule has 3 nitrogen and oxygen atoms in total. The predicted molar refractivity (Wildman–Crippen MR) is 88.4 cm³/mol. The summed E-state index contributed by atoms with van der Waals surface area (Å²) in [4.78, 5) is 4.32. The second-order valence-electron chi connectivity index (χ2n) is 4.13. The molecule has 0 amide bonds. The number of ether oxygens (including phenoxy) is 2. The lowest BCUT2D eigenvalue weighted by atomic mass is 10.3. The van der Waals surface area contributed by atoms with Gasteiger partial charge in [0.25, 0.3) is 0 Å². The first-order chi connectivity index (χ1) is 9.92. The van der Waals surface area contributed by atoms with Gasteiger partial charge >= 0.3 is 0 Å². The van der Waals surface area contributed by atoms with Crippen LogP contribution in [0.25, 0.3) is 0 Å². The van der Waals surface area contributed by atoms with Crippen molar-refractivity contribution in [3.05, 3.63) is 52.6 Å². The molecule has 0 unspecified atom stereocenters. The molecule has 7 heteroatoms. The van der Waals surface area contributed by atoms with E-state index in [9.17, 15) is 0 Å². The summed E-state index contributed by atoms with van der Waals surface area (Å²) in [7, 11) is 0. The number of benzene rings is 1. The average Bonchev–Trinajstić information content (AvgIpc) is 2.40. The smallest absolute Gasteiger partial charge is 0.219 e. The molecular formula is C14H11BrCl3NO2. The van der Waals surface area contributed by atoms with Crippen molar-refractivity contribution in [2.75, 3.05) is 6.61 Å². The Hall–Kier alpha value is -0.520. The highest BCUT2D eigenvalue weighted by Gasteiger charge is 2.19. The van der Waals surface area contributed by atoms with Gasteiger partial charge in [0.2, 0.25) is 9.67 Å². The Morgan fingerprint density at radius 3 is 2.43 bits per heavy atom. The van der Waals surface area contributed by atoms with Gasteiger partial charge in [-0.25, -0.2) is 4.98 Å². The molecule has 21 heavy (non-hydrogen) atoms. The fraction of sp³-hybridized carbons (Fsp3) is 0.214. The molecule has 0 saturated carbocycles. The van der Waals surface area contributed by atoms with Crippen molar-refractivity contribution >= 4 is 50.7 Å². The molecule has 2 aromatic rings. The van der Waals surface area contributed by atoms with Crippen molar-refractivity contribution in [2.24, 2.45) is 0 Å². The van der Waals surface area contributed by atoms with Gasteiger partial charge < -0.3 is 9.47 Å². The Kier molecular flexibility index (Phi) is 6.14. The third kappa shape index (κ3) is 6.41. The number of alkyl halides is 3. The lowest BCUT2D eigenvalue weighted by Crippen LogP contribution is -2.13. The molecule has 0 aliphatic heterocycles. The second kappa shape index (κ2) is 7.65. The second-order valence-corrected chi connectivity index (χ2v) is 7.56. The molecule has 0 spiro atoms. The zero-order valence-electron chi connectivity index (χ0n) is 10.7. The molecule has 1 aromatic carbocycles. The molecule has 112 valence electrons. The fourth-order valence-electron chi connectivity index (χ4n) is 1.49. The topological polar surface area (TPSA) is 31.4 Å². The number of hydrogen-bond acceptors (Lipinski definition) is 3. The highest BCUT2D eigenvalue weighted by Crippen LogP contribution is 2.26. The van der Waals surface area contributed by atoms with Gasteiger partial charge in [0.05, 0.1) is 18.9 Å². The molecule has 0 N–H and O–H groups in total. The summed E-state index contributed by atoms with van der Waals surface area (Å²) < 4.78 is 10.5. The Morgan fingerprint density at radius 1 is 1.05 bits per heavy atom. The minimum atomic E-state index is -1.43. The molecule has 1 aromatic heterocycles. The Morgan fingerprint density at radius 2 is 1.76 bits per heavy atom. The number of rotatable bonds is 5. The minimum absolute atomic E-state index is 0.00283. The maximum Gasteiger partial charge on any atom is 0.219 e. The molecule has 0 fully saturated rings. The van der Waals surface area contributed by atoms with Crippen LogP contribution in [0.2, 0.25) is 0 Å². The van der Waals surface area contributed by atoms with Gasteiger partial charge in [-0.05, 0) is 30.3 Å². The molecule has 0 aliphatic rings. The summed E-state index contributed by atoms with van der Waals surface area (Å²) >= 11 is 20.2. The summed E-state index contributed by atoms with van der Waals surface area (Å²) in [6, 6.07) is 12.9. The van der Waals surface area contributed by atoms with Crippen LogP contribution in [0.5, 0.6) is 11.6 Å². The SMILES string of the molecule is ClC(Cl)(Cl)COCc1cccc(Oc2ccc(Br)cc2)n1. The molecule has 1 heterocycles. The van der Waals surface area contributed by atoms with Crippen molar-refractivity contribution < 1.29 is 9.47 Å². The normalized spacial score (nSPS) is 11.4. The predicted octanol–water partition coefficient (Wildman–Crippen LogP) is 5.52. The van der Waals surface area contributed by atoms with Crippen molar-refractivity contribution in [3.63, 3.8) is 0 Å². The van der Waals surface area contributed by atoms with E-state index in [1.807, 2.05) is 36.4 Å². The highest BCUT2D eigenvalue weighted by molar-refractivity contribution is 9.10. The van der Waals surface area contributed by atoms with E-state index in [1.165, 1.54) is 0 Å². The molecule has 0 radical (unpaired) electrons. The maximum atomic E-state index is 5.66. The number of nitrogens with zero attached hydrogens (tertiary/aromatic N) is 1. The van der Waals surface area contributed by atoms with E-state index in [1.54, 1.807) is 6.07 Å². The van der Waals surface area contributed by atoms with Gasteiger partial charge in [0.1, 0.15) is 5.75 Å². The van der Waals surface area contributed by atoms with Gasteiger partial charge in [-0.1, -0.05) is 56.8 Å². The molecule has 0 saturated heterocycles. The molecule has 2 rings (SSSR count). The van der Waals surface area contributed by atoms with Crippen molar-refractivity contribution in [3.8, 4) is 11.6 Å². The van der Waals surface area contributed by atoms with Crippen LogP contribution in [-0.4, -0.2) is 15.4 Å². The van der Waals surface area contributed by atoms with Gasteiger partial charge in [-0.15, -0.1) is 0 Å². The fourth-order valence-corrected chi connectivity index (χ4v) is 1.99. The summed E-state index contributed by atoms with van der Waals surface area (Å²) in [5, 5.41) is 0. The van der Waals surface area contributed by atoms with Crippen molar-refractivity contribution in [1.82, 2.24) is 4.98 Å². The maximum absolute atomic E-state index is 5.66. The number of halogens is 4. The van der Waals surface area contributed by atoms with Crippen molar-refractivity contribution in [1.29, 1.82) is 0 Å². The van der Waals surface area contributed by atoms with Gasteiger partial charge in [0.15, 0.2) is 0 Å². The largest absolute Gasteiger partial charge is 0.439 e. The summed E-state index contributed by atoms with van der Waals surface area (Å²) in [5.74, 6) is 1.18. The standard InChI is InChI=1S/C14H11BrCl3NO2/c15-10-4-6-12(7-5-10)21-13-3-1-2-11(19-13)8-20-9-14(16,17)18/h1-7H,8-9H2. The van der Waals surface area contributed by atoms with Crippen LogP contribution in [0.4, 0.5) is 0 Å². The molecular weight excluding hydrogens is 400 g/mol. The molecule has 0 aliphatic carbocycles. The Balaban J connectivity index is 1.96. The quantitative estimate of drug-likeness (QED) is 0.607. The van der Waals surface area contributed by atoms with Gasteiger partial charge in [-0.3, -0.25) is 0 Å². The zero-order chi connectivity index (χ0) is 15.3. The van der Waals surface area contributed by atoms with Crippen LogP contribution in [0.15, 0.2) is 46.9 Å². The van der Waals surface area contributed by atoms with E-state index in [4.69, 9.17) is 44.3 Å². The van der Waals surface area contributed by atoms with Crippen LogP contribution in [0, 0.1) is 0 Å². The van der Waals surface area contributed by atoms with E-state index in [-0.39, 0.29) is 13.2 Å². The van der Waals surface area contributed by atoms with Gasteiger partial charge in [0, 0.05) is 10.5 Å². The highest BCUT2D eigenvalue weighted by atomic mass is 79.9. The first-order valence-electron chi connectivity index (χ1n) is 5.96. The van der Waals surface area contributed by atoms with E-state index < -0.39 is 3.79 Å². The average molecular weight is 412 g/mol. The third-order valence-corrected chi connectivity index (χ3v) is 3.19. The zero-order valence-corrected chi connectivity index (χ0v) is 14.6. The summed E-state index contributed by atoms with van der Waals surface area (Å²) in [5.41, 5.74) is 0.693. The lowest BCUT2D eigenvalue weighted by molar-refractivity contribution is 0.123. The first kappa shape index (κ1) is 16.8. The van der Waals surface area contributed by atoms with Crippen molar-refractivity contribution in [2.45, 2.75) is 10.4 Å². The number of pyridine rings is 1. The molecule has 0 atom stereocenters. The van der Waals surface area contributed by atoms with Crippen LogP contribution < -0.4 is 4.74 Å². The van der Waals surface area contributed by atoms with Crippen LogP contribution in [0.3, 0.4) is 0 Å². The van der Waals surface area contributed by atoms with Crippen LogP contribution in [-0.2, 0) is 11.3 Å². The van der Waals surface area contributed by atoms with E-state index >= 15 is 0 Å². The van der Waals surface area contributed by atoms with E-state index in [2.05, 4.69) is 20.9 Å². The van der Waals surface area contributed by atoms with Crippen LogP contribution >= 0.6 is 50.7 Å². The molecule has 0 bridgehead atoms. The minimum Gasteiger partial charge on any atom is -0.439 e. The summed E-state index contributed by atoms with van der Waals surface area (Å²) in [6.45, 7) is 0.239. The number of hydrogen-bond donors (Lipinski definition) is 0. The monoisotopic (exact) mass is 409 g/mol. The Labute approximate surface area is 146 Å². The van der Waals surface area contributed by atoms with E-state index in [0.717, 1.165) is 4.47 Å². The summed E-state index contributed by atoms with van der Waals surface area (Å²) in [6.07, 6.45) is 0. The number of aromatic nitrogens is 1. The third-order valence-electron chi connectivity index (χ3n) is 2.33. The van der Waals surface area contributed by atoms with Crippen LogP contribution in [0.1, 0.15) is 5.69 Å². The first-order valence-corrected chi connectivity index (χ1v) is 7.89. The Bertz CT molecular complexity index is 588. The van der Waals surface area contributed by atoms with Gasteiger partial charge in [-0.2, -0.15) is 0 Å². The van der Waals surface area contributed by atoms with E-state index in [0.29, 0.717) is 17.3 Å². The lowest BCUT2D eigenvalue weighted by Gasteiger charge is -2.11.